The largest absolute Gasteiger partial charge is 0.480 e. The number of hydrogen-bond donors (Lipinski definition) is 8. The molecular formula is C13H23N5O9S2. The van der Waals surface area contributed by atoms with Gasteiger partial charge >= 0.3 is 17.9 Å². The first-order valence-electron chi connectivity index (χ1n) is 7.77. The van der Waals surface area contributed by atoms with E-state index in [2.05, 4.69) is 27.8 Å². The lowest BCUT2D eigenvalue weighted by Gasteiger charge is -2.16. The van der Waals surface area contributed by atoms with Crippen molar-refractivity contribution in [3.05, 3.63) is 4.91 Å². The minimum absolute atomic E-state index is 0.135. The van der Waals surface area contributed by atoms with E-state index >= 15 is 0 Å². The summed E-state index contributed by atoms with van der Waals surface area (Å²) in [6.07, 6.45) is -0.376. The molecule has 0 bridgehead atoms. The molecule has 16 heteroatoms. The zero-order valence-electron chi connectivity index (χ0n) is 15.0. The van der Waals surface area contributed by atoms with Crippen molar-refractivity contribution in [2.75, 3.05) is 18.1 Å². The third-order valence-electron chi connectivity index (χ3n) is 2.87. The van der Waals surface area contributed by atoms with Crippen LogP contribution in [-0.4, -0.2) is 81.2 Å². The zero-order valence-corrected chi connectivity index (χ0v) is 16.7. The fourth-order valence-electron chi connectivity index (χ4n) is 1.33. The highest BCUT2D eigenvalue weighted by molar-refractivity contribution is 7.97. The molecule has 29 heavy (non-hydrogen) atoms. The molecule has 166 valence electrons. The average Bonchev–Trinajstić information content (AvgIpc) is 2.66. The Kier molecular flexibility index (Phi) is 16.4. The Hall–Kier alpha value is -2.43. The number of nitrogens with zero attached hydrogens (tertiary/aromatic N) is 1. The van der Waals surface area contributed by atoms with Crippen LogP contribution in [0.1, 0.15) is 12.8 Å². The predicted octanol–water partition coefficient (Wildman–Crippen LogP) is -2.39. The number of carbonyl (C=O) groups is 5. The number of carbonyl (C=O) groups excluding carboxylic acids is 2. The Morgan fingerprint density at radius 1 is 1.03 bits per heavy atom. The second kappa shape index (κ2) is 16.5. The second-order valence-corrected chi connectivity index (χ2v) is 6.32. The molecule has 0 radical (unpaired) electrons. The molecule has 14 nitrogen and oxygen atoms in total. The summed E-state index contributed by atoms with van der Waals surface area (Å²) in [4.78, 5) is 64.0. The minimum atomic E-state index is -1.27. The number of aliphatic carboxylic acids is 3. The van der Waals surface area contributed by atoms with Gasteiger partial charge in [-0.05, 0) is 6.42 Å². The van der Waals surface area contributed by atoms with E-state index in [4.69, 9.17) is 26.8 Å². The van der Waals surface area contributed by atoms with Gasteiger partial charge in [0.25, 0.3) is 0 Å². The molecule has 0 saturated carbocycles. The highest BCUT2D eigenvalue weighted by atomic mass is 32.2. The van der Waals surface area contributed by atoms with Crippen LogP contribution in [0.15, 0.2) is 4.58 Å². The summed E-state index contributed by atoms with van der Waals surface area (Å²) in [7, 11) is 0. The summed E-state index contributed by atoms with van der Waals surface area (Å²) in [5.41, 5.74) is 10.2. The van der Waals surface area contributed by atoms with E-state index in [0.29, 0.717) is 11.9 Å². The summed E-state index contributed by atoms with van der Waals surface area (Å²) in [6.45, 7) is -0.645. The van der Waals surface area contributed by atoms with E-state index in [1.54, 1.807) is 0 Å². The monoisotopic (exact) mass is 457 g/mol. The van der Waals surface area contributed by atoms with Gasteiger partial charge in [-0.25, -0.2) is 0 Å². The van der Waals surface area contributed by atoms with Crippen molar-refractivity contribution in [1.29, 1.82) is 0 Å². The van der Waals surface area contributed by atoms with Gasteiger partial charge in [-0.2, -0.15) is 12.6 Å². The molecule has 3 atom stereocenters. The van der Waals surface area contributed by atoms with Gasteiger partial charge in [0, 0.05) is 34.5 Å². The lowest BCUT2D eigenvalue weighted by Crippen LogP contribution is -2.49. The van der Waals surface area contributed by atoms with Crippen LogP contribution in [0.5, 0.6) is 0 Å². The number of rotatable bonds is 13. The summed E-state index contributed by atoms with van der Waals surface area (Å²) >= 11 is 4.13. The number of carboxylic acids is 3. The topological polar surface area (TPSA) is 252 Å². The normalized spacial score (nSPS) is 12.9. The van der Waals surface area contributed by atoms with Crippen molar-refractivity contribution < 1.29 is 39.3 Å². The summed E-state index contributed by atoms with van der Waals surface area (Å²) in [5.74, 6) is -4.99. The molecular weight excluding hydrogens is 434 g/mol. The smallest absolute Gasteiger partial charge is 0.322 e. The molecule has 0 saturated heterocycles. The van der Waals surface area contributed by atoms with Gasteiger partial charge < -0.3 is 37.4 Å². The van der Waals surface area contributed by atoms with Crippen molar-refractivity contribution in [3.63, 3.8) is 0 Å². The van der Waals surface area contributed by atoms with Gasteiger partial charge in [-0.15, -0.1) is 4.91 Å². The van der Waals surface area contributed by atoms with E-state index in [-0.39, 0.29) is 24.3 Å². The number of amides is 2. The number of nitrogens with one attached hydrogen (secondary N) is 2. The van der Waals surface area contributed by atoms with Gasteiger partial charge in [0.1, 0.15) is 24.7 Å². The Balaban J connectivity index is 0. The first kappa shape index (κ1) is 28.8. The van der Waals surface area contributed by atoms with Crippen LogP contribution >= 0.6 is 24.6 Å². The van der Waals surface area contributed by atoms with Crippen LogP contribution < -0.4 is 22.1 Å². The zero-order chi connectivity index (χ0) is 23.0. The molecule has 2 amide bonds. The van der Waals surface area contributed by atoms with E-state index in [9.17, 15) is 28.9 Å². The van der Waals surface area contributed by atoms with Crippen molar-refractivity contribution >= 4 is 54.3 Å². The van der Waals surface area contributed by atoms with Gasteiger partial charge in [0.15, 0.2) is 0 Å². The first-order valence-corrected chi connectivity index (χ1v) is 9.34. The first-order chi connectivity index (χ1) is 13.5. The number of carboxylic acid groups (broad SMARTS) is 3. The Bertz CT molecular complexity index is 593. The third-order valence-corrected chi connectivity index (χ3v) is 3.85. The molecule has 0 aliphatic heterocycles. The average molecular weight is 457 g/mol. The van der Waals surface area contributed by atoms with Crippen LogP contribution in [0.4, 0.5) is 0 Å². The second-order valence-electron chi connectivity index (χ2n) is 5.21. The Labute approximate surface area is 174 Å². The van der Waals surface area contributed by atoms with Crippen molar-refractivity contribution in [1.82, 2.24) is 10.6 Å². The lowest BCUT2D eigenvalue weighted by atomic mass is 10.1. The van der Waals surface area contributed by atoms with E-state index in [1.165, 1.54) is 0 Å². The molecule has 0 aromatic rings. The Morgan fingerprint density at radius 3 is 1.97 bits per heavy atom. The van der Waals surface area contributed by atoms with Gasteiger partial charge in [-0.3, -0.25) is 24.0 Å². The van der Waals surface area contributed by atoms with Crippen molar-refractivity contribution in [3.8, 4) is 0 Å². The molecule has 0 aliphatic carbocycles. The quantitative estimate of drug-likeness (QED) is 0.0818. The number of nitroso groups, excluding NO2 is 1. The van der Waals surface area contributed by atoms with Gasteiger partial charge in [0.05, 0.1) is 0 Å². The molecule has 0 aromatic carbocycles. The summed E-state index contributed by atoms with van der Waals surface area (Å²) in [6, 6.07) is -3.20. The van der Waals surface area contributed by atoms with Crippen LogP contribution in [0.3, 0.4) is 0 Å². The predicted molar refractivity (Wildman–Crippen MR) is 105 cm³/mol. The van der Waals surface area contributed by atoms with E-state index in [0.717, 1.165) is 0 Å². The Morgan fingerprint density at radius 2 is 1.59 bits per heavy atom. The third kappa shape index (κ3) is 16.2. The van der Waals surface area contributed by atoms with Crippen LogP contribution in [0, 0.1) is 4.91 Å². The summed E-state index contributed by atoms with van der Waals surface area (Å²) in [5, 5.41) is 29.3. The van der Waals surface area contributed by atoms with Crippen LogP contribution in [0.2, 0.25) is 0 Å². The molecule has 9 N–H and O–H groups in total. The highest BCUT2D eigenvalue weighted by Gasteiger charge is 2.22. The van der Waals surface area contributed by atoms with Crippen molar-refractivity contribution in [2.45, 2.75) is 31.0 Å². The molecule has 0 spiro atoms. The molecule has 0 aliphatic rings. The number of nitrogens with two attached hydrogens (primary N) is 2. The molecule has 0 unspecified atom stereocenters. The molecule has 0 heterocycles. The maximum atomic E-state index is 11.7. The molecule has 0 aromatic heterocycles. The lowest BCUT2D eigenvalue weighted by molar-refractivity contribution is -0.139. The van der Waals surface area contributed by atoms with Gasteiger partial charge in [0.2, 0.25) is 11.8 Å². The number of thiol groups is 1. The minimum Gasteiger partial charge on any atom is -0.480 e. The fourth-order valence-corrected chi connectivity index (χ4v) is 1.93. The van der Waals surface area contributed by atoms with Crippen molar-refractivity contribution in [2.24, 2.45) is 16.0 Å². The number of hydrogen-bond acceptors (Lipinski definition) is 11. The van der Waals surface area contributed by atoms with E-state index < -0.39 is 54.4 Å². The summed E-state index contributed by atoms with van der Waals surface area (Å²) < 4.78 is 2.48. The van der Waals surface area contributed by atoms with Crippen LogP contribution in [-0.2, 0) is 24.0 Å². The molecule has 0 rings (SSSR count). The van der Waals surface area contributed by atoms with Gasteiger partial charge in [-0.1, -0.05) is 0 Å². The SMILES string of the molecule is N[C@@H](CCC(=O)N[C@@H](CSN=O)C(=O)NCC(=O)O)C(=O)O.N[C@@H](CS)C(=O)O. The maximum Gasteiger partial charge on any atom is 0.322 e. The maximum absolute atomic E-state index is 11.7. The fraction of sp³-hybridized carbons (Fsp3) is 0.615. The van der Waals surface area contributed by atoms with Crippen LogP contribution in [0.25, 0.3) is 0 Å². The van der Waals surface area contributed by atoms with E-state index in [1.807, 2.05) is 0 Å². The standard InChI is InChI=1S/C10H16N4O7S.C3H7NO2S/c11-5(10(19)20)1-2-7(15)13-6(4-22-14-21)9(18)12-3-8(16)17;4-2(1-7)3(5)6/h5-6H,1-4,11H2,(H,12,18)(H,13,15)(H,16,17)(H,19,20);2,7H,1,4H2,(H,5,6)/t5-,6-;2-/m00/s1. The highest BCUT2D eigenvalue weighted by Crippen LogP contribution is 2.05. The molecule has 0 fully saturated rings.